The summed E-state index contributed by atoms with van der Waals surface area (Å²) < 4.78 is 75.9. The number of nitrogens with one attached hydrogen (secondary N) is 1. The van der Waals surface area contributed by atoms with E-state index >= 15 is 0 Å². The second-order valence-corrected chi connectivity index (χ2v) is 6.07. The quantitative estimate of drug-likeness (QED) is 0.815. The summed E-state index contributed by atoms with van der Waals surface area (Å²) in [6, 6.07) is 1.22. The van der Waals surface area contributed by atoms with E-state index in [1.807, 2.05) is 0 Å². The monoisotopic (exact) mass is 314 g/mol. The van der Waals surface area contributed by atoms with Crippen LogP contribution in [0.25, 0.3) is 0 Å². The first-order valence-corrected chi connectivity index (χ1v) is 7.14. The van der Waals surface area contributed by atoms with Gasteiger partial charge in [0.15, 0.2) is 0 Å². The molecule has 0 aliphatic heterocycles. The Morgan fingerprint density at radius 1 is 1.35 bits per heavy atom. The van der Waals surface area contributed by atoms with Gasteiger partial charge in [-0.25, -0.2) is 17.5 Å². The molecular weight excluding hydrogens is 300 g/mol. The summed E-state index contributed by atoms with van der Waals surface area (Å²) in [5.41, 5.74) is 3.93. The Bertz CT molecular complexity index is 570. The molecule has 0 aliphatic rings. The average Bonchev–Trinajstić information content (AvgIpc) is 2.26. The Balaban J connectivity index is 2.95. The maximum atomic E-state index is 13.3. The zero-order chi connectivity index (χ0) is 15.6. The molecular formula is C11H14F4N2O2S. The molecule has 0 bridgehead atoms. The second-order valence-electron chi connectivity index (χ2n) is 4.30. The van der Waals surface area contributed by atoms with Crippen molar-refractivity contribution < 1.29 is 26.0 Å². The highest BCUT2D eigenvalue weighted by molar-refractivity contribution is 7.89. The van der Waals surface area contributed by atoms with Crippen molar-refractivity contribution >= 4 is 10.0 Å². The van der Waals surface area contributed by atoms with E-state index in [9.17, 15) is 26.0 Å². The minimum Gasteiger partial charge on any atom is -0.328 e. The van der Waals surface area contributed by atoms with E-state index in [2.05, 4.69) is 4.72 Å². The van der Waals surface area contributed by atoms with Crippen molar-refractivity contribution in [3.8, 4) is 0 Å². The van der Waals surface area contributed by atoms with Gasteiger partial charge >= 0.3 is 6.18 Å². The molecule has 1 unspecified atom stereocenters. The number of alkyl halides is 3. The SMILES string of the molecule is CC(N)CCNS(=O)(=O)c1ccc(C(F)(F)F)c(F)c1. The molecule has 0 radical (unpaired) electrons. The number of halogens is 4. The molecule has 0 spiro atoms. The van der Waals surface area contributed by atoms with Crippen LogP contribution in [-0.2, 0) is 16.2 Å². The highest BCUT2D eigenvalue weighted by Crippen LogP contribution is 2.32. The highest BCUT2D eigenvalue weighted by Gasteiger charge is 2.34. The Labute approximate surface area is 114 Å². The average molecular weight is 314 g/mol. The van der Waals surface area contributed by atoms with E-state index in [4.69, 9.17) is 5.73 Å². The van der Waals surface area contributed by atoms with Crippen LogP contribution in [0.2, 0.25) is 0 Å². The van der Waals surface area contributed by atoms with Crippen molar-refractivity contribution in [3.05, 3.63) is 29.6 Å². The standard InChI is InChI=1S/C11H14F4N2O2S/c1-7(16)4-5-17-20(18,19)8-2-3-9(10(12)6-8)11(13,14)15/h2-3,6-7,17H,4-5,16H2,1H3. The Kier molecular flexibility index (Phi) is 5.11. The molecule has 20 heavy (non-hydrogen) atoms. The minimum atomic E-state index is -4.87. The molecule has 0 saturated heterocycles. The molecule has 0 amide bonds. The van der Waals surface area contributed by atoms with Crippen molar-refractivity contribution in [2.24, 2.45) is 5.73 Å². The van der Waals surface area contributed by atoms with Gasteiger partial charge in [-0.3, -0.25) is 0 Å². The number of rotatable bonds is 5. The van der Waals surface area contributed by atoms with Gasteiger partial charge in [0.2, 0.25) is 10.0 Å². The van der Waals surface area contributed by atoms with E-state index < -0.39 is 32.5 Å². The van der Waals surface area contributed by atoms with Gasteiger partial charge in [0.1, 0.15) is 5.82 Å². The van der Waals surface area contributed by atoms with E-state index in [0.29, 0.717) is 24.6 Å². The number of hydrogen-bond donors (Lipinski definition) is 2. The molecule has 1 aromatic rings. The first-order valence-electron chi connectivity index (χ1n) is 5.66. The van der Waals surface area contributed by atoms with Gasteiger partial charge in [0.25, 0.3) is 0 Å². The van der Waals surface area contributed by atoms with Crippen molar-refractivity contribution in [1.29, 1.82) is 0 Å². The fourth-order valence-electron chi connectivity index (χ4n) is 1.40. The van der Waals surface area contributed by atoms with Crippen molar-refractivity contribution in [2.75, 3.05) is 6.54 Å². The predicted molar refractivity (Wildman–Crippen MR) is 64.9 cm³/mol. The summed E-state index contributed by atoms with van der Waals surface area (Å²) in [4.78, 5) is -0.562. The van der Waals surface area contributed by atoms with Crippen LogP contribution in [0.1, 0.15) is 18.9 Å². The Morgan fingerprint density at radius 2 is 1.95 bits per heavy atom. The topological polar surface area (TPSA) is 72.2 Å². The molecule has 4 nitrogen and oxygen atoms in total. The van der Waals surface area contributed by atoms with E-state index in [0.717, 1.165) is 0 Å². The molecule has 9 heteroatoms. The van der Waals surface area contributed by atoms with E-state index in [-0.39, 0.29) is 12.6 Å². The van der Waals surface area contributed by atoms with Crippen LogP contribution in [0.5, 0.6) is 0 Å². The molecule has 0 aliphatic carbocycles. The number of benzene rings is 1. The molecule has 0 fully saturated rings. The largest absolute Gasteiger partial charge is 0.419 e. The summed E-state index contributed by atoms with van der Waals surface area (Å²) in [5.74, 6) is -1.63. The van der Waals surface area contributed by atoms with Gasteiger partial charge in [-0.05, 0) is 31.5 Å². The van der Waals surface area contributed by atoms with Gasteiger partial charge in [-0.2, -0.15) is 13.2 Å². The summed E-state index contributed by atoms with van der Waals surface area (Å²) in [5, 5.41) is 0. The maximum absolute atomic E-state index is 13.3. The highest BCUT2D eigenvalue weighted by atomic mass is 32.2. The number of hydrogen-bond acceptors (Lipinski definition) is 3. The molecule has 1 aromatic carbocycles. The van der Waals surface area contributed by atoms with Crippen LogP contribution in [0.15, 0.2) is 23.1 Å². The van der Waals surface area contributed by atoms with Gasteiger partial charge in [0, 0.05) is 12.6 Å². The lowest BCUT2D eigenvalue weighted by Crippen LogP contribution is -2.29. The summed E-state index contributed by atoms with van der Waals surface area (Å²) >= 11 is 0. The molecule has 0 heterocycles. The lowest BCUT2D eigenvalue weighted by molar-refractivity contribution is -0.140. The van der Waals surface area contributed by atoms with Crippen LogP contribution >= 0.6 is 0 Å². The zero-order valence-electron chi connectivity index (χ0n) is 10.5. The molecule has 0 saturated carbocycles. The van der Waals surface area contributed by atoms with Gasteiger partial charge < -0.3 is 5.73 Å². The second kappa shape index (κ2) is 6.06. The third kappa shape index (κ3) is 4.43. The third-order valence-corrected chi connectivity index (χ3v) is 3.91. The summed E-state index contributed by atoms with van der Waals surface area (Å²) in [7, 11) is -4.05. The van der Waals surface area contributed by atoms with Crippen LogP contribution in [0, 0.1) is 5.82 Å². The van der Waals surface area contributed by atoms with E-state index in [1.54, 1.807) is 6.92 Å². The van der Waals surface area contributed by atoms with Crippen LogP contribution < -0.4 is 10.5 Å². The third-order valence-electron chi connectivity index (χ3n) is 2.45. The minimum absolute atomic E-state index is 0.0165. The zero-order valence-corrected chi connectivity index (χ0v) is 11.4. The maximum Gasteiger partial charge on any atom is 0.419 e. The Hall–Kier alpha value is -1.19. The molecule has 114 valence electrons. The summed E-state index contributed by atoms with van der Waals surface area (Å²) in [6.45, 7) is 1.69. The Morgan fingerprint density at radius 3 is 2.40 bits per heavy atom. The van der Waals surface area contributed by atoms with Crippen molar-refractivity contribution in [2.45, 2.75) is 30.5 Å². The first-order chi connectivity index (χ1) is 9.04. The summed E-state index contributed by atoms with van der Waals surface area (Å²) in [6.07, 6.45) is -4.52. The van der Waals surface area contributed by atoms with Crippen LogP contribution in [-0.4, -0.2) is 21.0 Å². The molecule has 1 rings (SSSR count). The van der Waals surface area contributed by atoms with Crippen LogP contribution in [0.3, 0.4) is 0 Å². The van der Waals surface area contributed by atoms with Crippen LogP contribution in [0.4, 0.5) is 17.6 Å². The van der Waals surface area contributed by atoms with Crippen molar-refractivity contribution in [3.63, 3.8) is 0 Å². The lowest BCUT2D eigenvalue weighted by atomic mass is 10.2. The smallest absolute Gasteiger partial charge is 0.328 e. The normalized spacial score (nSPS) is 14.3. The number of sulfonamides is 1. The van der Waals surface area contributed by atoms with Gasteiger partial charge in [0.05, 0.1) is 10.5 Å². The fraction of sp³-hybridized carbons (Fsp3) is 0.455. The number of nitrogens with two attached hydrogens (primary N) is 1. The van der Waals surface area contributed by atoms with Gasteiger partial charge in [-0.15, -0.1) is 0 Å². The van der Waals surface area contributed by atoms with Crippen molar-refractivity contribution in [1.82, 2.24) is 4.72 Å². The fourth-order valence-corrected chi connectivity index (χ4v) is 2.46. The molecule has 1 atom stereocenters. The predicted octanol–water partition coefficient (Wildman–Crippen LogP) is 1.86. The van der Waals surface area contributed by atoms with E-state index in [1.165, 1.54) is 0 Å². The molecule has 0 aromatic heterocycles. The van der Waals surface area contributed by atoms with Gasteiger partial charge in [-0.1, -0.05) is 0 Å². The first kappa shape index (κ1) is 16.9. The molecule has 3 N–H and O–H groups in total. The lowest BCUT2D eigenvalue weighted by Gasteiger charge is -2.11.